The molecule has 0 aliphatic heterocycles. The summed E-state index contributed by atoms with van der Waals surface area (Å²) in [4.78, 5) is 26.9. The summed E-state index contributed by atoms with van der Waals surface area (Å²) in [6.07, 6.45) is 6.80. The molecular formula is C17H12N2O5. The number of aromatic hydroxyl groups is 2. The van der Waals surface area contributed by atoms with Gasteiger partial charge < -0.3 is 24.9 Å². The van der Waals surface area contributed by atoms with E-state index in [0.717, 1.165) is 0 Å². The van der Waals surface area contributed by atoms with Crippen molar-refractivity contribution in [2.45, 2.75) is 6.42 Å². The zero-order chi connectivity index (χ0) is 17.3. The lowest BCUT2D eigenvalue weighted by molar-refractivity contribution is 0.102. The van der Waals surface area contributed by atoms with Gasteiger partial charge in [-0.05, 0) is 24.3 Å². The molecule has 1 aromatic carbocycles. The fourth-order valence-corrected chi connectivity index (χ4v) is 2.33. The summed E-state index contributed by atoms with van der Waals surface area (Å²) in [5.41, 5.74) is -0.936. The minimum absolute atomic E-state index is 0.0136. The smallest absolute Gasteiger partial charge is 0.364 e. The molecule has 4 N–H and O–H groups in total. The highest BCUT2D eigenvalue weighted by Gasteiger charge is 2.20. The first kappa shape index (κ1) is 15.2. The third kappa shape index (κ3) is 2.46. The Morgan fingerprint density at radius 1 is 1.33 bits per heavy atom. The van der Waals surface area contributed by atoms with Crippen LogP contribution in [0.1, 0.15) is 16.1 Å². The first-order valence-corrected chi connectivity index (χ1v) is 6.91. The first-order valence-electron chi connectivity index (χ1n) is 6.91. The molecule has 120 valence electrons. The Balaban J connectivity index is 2.15. The third-order valence-electron chi connectivity index (χ3n) is 3.49. The summed E-state index contributed by atoms with van der Waals surface area (Å²) in [5, 5.41) is 22.7. The second kappa shape index (κ2) is 5.85. The third-order valence-corrected chi connectivity index (χ3v) is 3.49. The molecule has 0 aliphatic rings. The molecule has 0 atom stereocenters. The number of carbonyl (C=O) groups excluding carboxylic acids is 1. The van der Waals surface area contributed by atoms with E-state index < -0.39 is 17.3 Å². The van der Waals surface area contributed by atoms with Crippen molar-refractivity contribution < 1.29 is 19.4 Å². The van der Waals surface area contributed by atoms with Crippen LogP contribution < -0.4 is 10.9 Å². The first-order chi connectivity index (χ1) is 11.5. The van der Waals surface area contributed by atoms with Gasteiger partial charge in [-0.2, -0.15) is 0 Å². The van der Waals surface area contributed by atoms with Crippen LogP contribution in [0.5, 0.6) is 11.5 Å². The van der Waals surface area contributed by atoms with E-state index in [-0.39, 0.29) is 40.1 Å². The molecule has 0 spiro atoms. The lowest BCUT2D eigenvalue weighted by atomic mass is 10.1. The van der Waals surface area contributed by atoms with Crippen LogP contribution in [0.15, 0.2) is 39.7 Å². The van der Waals surface area contributed by atoms with E-state index in [1.165, 1.54) is 18.2 Å². The average Bonchev–Trinajstić information content (AvgIpc) is 3.09. The predicted octanol–water partition coefficient (Wildman–Crippen LogP) is 1.96. The number of carbonyl (C=O) groups is 1. The molecule has 0 fully saturated rings. The minimum atomic E-state index is -0.955. The SMILES string of the molecule is C#CCc1c(O)ccc2c(O)c(NC(=O)c3ccc[nH]3)c(=O)oc12. The number of aromatic nitrogens is 1. The van der Waals surface area contributed by atoms with Crippen LogP contribution in [0.25, 0.3) is 11.0 Å². The number of terminal acetylenes is 1. The molecule has 0 unspecified atom stereocenters. The summed E-state index contributed by atoms with van der Waals surface area (Å²) >= 11 is 0. The normalized spacial score (nSPS) is 10.5. The Kier molecular flexibility index (Phi) is 3.72. The molecule has 3 aromatic rings. The van der Waals surface area contributed by atoms with Gasteiger partial charge in [-0.1, -0.05) is 0 Å². The summed E-state index contributed by atoms with van der Waals surface area (Å²) in [5.74, 6) is 1.13. The maximum absolute atomic E-state index is 12.1. The van der Waals surface area contributed by atoms with Crippen LogP contribution in [0, 0.1) is 12.3 Å². The summed E-state index contributed by atoms with van der Waals surface area (Å²) < 4.78 is 5.16. The van der Waals surface area contributed by atoms with E-state index in [1.807, 2.05) is 0 Å². The summed E-state index contributed by atoms with van der Waals surface area (Å²) in [6, 6.07) is 5.82. The second-order valence-corrected chi connectivity index (χ2v) is 4.97. The van der Waals surface area contributed by atoms with Crippen molar-refractivity contribution in [2.24, 2.45) is 0 Å². The van der Waals surface area contributed by atoms with Crippen LogP contribution in [0.2, 0.25) is 0 Å². The average molecular weight is 324 g/mol. The van der Waals surface area contributed by atoms with Gasteiger partial charge in [0, 0.05) is 18.2 Å². The topological polar surface area (TPSA) is 116 Å². The van der Waals surface area contributed by atoms with Crippen LogP contribution in [0.4, 0.5) is 5.69 Å². The standard InChI is InChI=1S/C17H12N2O5/c1-2-4-9-12(20)7-6-10-14(21)13(17(23)24-15(9)10)19-16(22)11-5-3-8-18-11/h1,3,5-8,18,20-21H,4H2,(H,19,22). The molecule has 0 aliphatic carbocycles. The van der Waals surface area contributed by atoms with Gasteiger partial charge in [0.2, 0.25) is 0 Å². The molecule has 7 nitrogen and oxygen atoms in total. The van der Waals surface area contributed by atoms with Gasteiger partial charge in [-0.25, -0.2) is 4.79 Å². The number of rotatable bonds is 3. The number of phenols is 1. The molecule has 1 amide bonds. The molecule has 24 heavy (non-hydrogen) atoms. The number of H-pyrrole nitrogens is 1. The van der Waals surface area contributed by atoms with Gasteiger partial charge in [0.15, 0.2) is 11.4 Å². The van der Waals surface area contributed by atoms with Gasteiger partial charge in [-0.3, -0.25) is 4.79 Å². The Morgan fingerprint density at radius 2 is 2.12 bits per heavy atom. The maximum atomic E-state index is 12.1. The van der Waals surface area contributed by atoms with Crippen molar-refractivity contribution in [1.29, 1.82) is 0 Å². The molecular weight excluding hydrogens is 312 g/mol. The van der Waals surface area contributed by atoms with E-state index in [2.05, 4.69) is 16.2 Å². The molecule has 7 heteroatoms. The number of aromatic amines is 1. The Labute approximate surface area is 135 Å². The zero-order valence-electron chi connectivity index (χ0n) is 12.3. The maximum Gasteiger partial charge on any atom is 0.364 e. The predicted molar refractivity (Wildman–Crippen MR) is 87.1 cm³/mol. The van der Waals surface area contributed by atoms with Gasteiger partial charge in [0.1, 0.15) is 17.0 Å². The minimum Gasteiger partial charge on any atom is -0.507 e. The van der Waals surface area contributed by atoms with Gasteiger partial charge in [-0.15, -0.1) is 12.3 Å². The van der Waals surface area contributed by atoms with Gasteiger partial charge >= 0.3 is 5.63 Å². The second-order valence-electron chi connectivity index (χ2n) is 4.97. The molecule has 3 rings (SSSR count). The van der Waals surface area contributed by atoms with Crippen molar-refractivity contribution >= 4 is 22.6 Å². The quantitative estimate of drug-likeness (QED) is 0.434. The highest BCUT2D eigenvalue weighted by Crippen LogP contribution is 2.35. The molecule has 0 radical (unpaired) electrons. The van der Waals surface area contributed by atoms with E-state index >= 15 is 0 Å². The number of amides is 1. The number of nitrogens with one attached hydrogen (secondary N) is 2. The Hall–Kier alpha value is -3.66. The highest BCUT2D eigenvalue weighted by molar-refractivity contribution is 6.05. The lowest BCUT2D eigenvalue weighted by Gasteiger charge is -2.10. The molecule has 0 saturated carbocycles. The van der Waals surface area contributed by atoms with E-state index in [9.17, 15) is 19.8 Å². The van der Waals surface area contributed by atoms with Crippen molar-refractivity contribution in [3.63, 3.8) is 0 Å². The molecule has 0 saturated heterocycles. The summed E-state index contributed by atoms with van der Waals surface area (Å²) in [6.45, 7) is 0. The van der Waals surface area contributed by atoms with E-state index in [4.69, 9.17) is 10.8 Å². The van der Waals surface area contributed by atoms with E-state index in [0.29, 0.717) is 0 Å². The van der Waals surface area contributed by atoms with Crippen LogP contribution in [0.3, 0.4) is 0 Å². The van der Waals surface area contributed by atoms with Crippen molar-refractivity contribution in [3.8, 4) is 23.8 Å². The number of phenolic OH excluding ortho intramolecular Hbond substituents is 1. The summed E-state index contributed by atoms with van der Waals surface area (Å²) in [7, 11) is 0. The van der Waals surface area contributed by atoms with Gasteiger partial charge in [0.05, 0.1) is 5.39 Å². The van der Waals surface area contributed by atoms with Crippen LogP contribution in [-0.4, -0.2) is 21.1 Å². The number of hydrogen-bond donors (Lipinski definition) is 4. The lowest BCUT2D eigenvalue weighted by Crippen LogP contribution is -2.18. The largest absolute Gasteiger partial charge is 0.507 e. The fourth-order valence-electron chi connectivity index (χ4n) is 2.33. The van der Waals surface area contributed by atoms with Crippen LogP contribution in [-0.2, 0) is 6.42 Å². The number of anilines is 1. The monoisotopic (exact) mass is 324 g/mol. The fraction of sp³-hybridized carbons (Fsp3) is 0.0588. The molecule has 0 bridgehead atoms. The van der Waals surface area contributed by atoms with Crippen molar-refractivity contribution in [3.05, 3.63) is 52.1 Å². The van der Waals surface area contributed by atoms with E-state index in [1.54, 1.807) is 12.3 Å². The Bertz CT molecular complexity index is 1030. The number of fused-ring (bicyclic) bond motifs is 1. The Morgan fingerprint density at radius 3 is 2.79 bits per heavy atom. The molecule has 2 heterocycles. The highest BCUT2D eigenvalue weighted by atomic mass is 16.4. The van der Waals surface area contributed by atoms with Crippen LogP contribution >= 0.6 is 0 Å². The number of benzene rings is 1. The van der Waals surface area contributed by atoms with Crippen molar-refractivity contribution in [1.82, 2.24) is 4.98 Å². The van der Waals surface area contributed by atoms with Gasteiger partial charge in [0.25, 0.3) is 5.91 Å². The van der Waals surface area contributed by atoms with Crippen molar-refractivity contribution in [2.75, 3.05) is 5.32 Å². The number of hydrogen-bond acceptors (Lipinski definition) is 5. The molecule has 2 aromatic heterocycles. The zero-order valence-corrected chi connectivity index (χ0v) is 12.3.